The number of hydrogen-bond donors (Lipinski definition) is 2. The van der Waals surface area contributed by atoms with E-state index in [-0.39, 0.29) is 12.1 Å². The molecule has 0 bridgehead atoms. The van der Waals surface area contributed by atoms with E-state index in [1.807, 2.05) is 22.6 Å². The van der Waals surface area contributed by atoms with Gasteiger partial charge in [0.15, 0.2) is 0 Å². The molecule has 6 heteroatoms. The summed E-state index contributed by atoms with van der Waals surface area (Å²) in [6.07, 6.45) is 3.25. The van der Waals surface area contributed by atoms with Gasteiger partial charge in [-0.05, 0) is 34.7 Å². The first-order valence-electron chi connectivity index (χ1n) is 4.89. The molecule has 0 aliphatic heterocycles. The van der Waals surface area contributed by atoms with E-state index in [4.69, 9.17) is 0 Å². The molecule has 0 fully saturated rings. The van der Waals surface area contributed by atoms with Crippen molar-refractivity contribution in [2.24, 2.45) is 0 Å². The molecule has 4 nitrogen and oxygen atoms in total. The number of hydrogen-bond acceptors (Lipinski definition) is 2. The number of H-pyrrole nitrogens is 1. The number of aromatic amines is 1. The molecule has 0 saturated carbocycles. The summed E-state index contributed by atoms with van der Waals surface area (Å²) < 4.78 is 14.1. The molecule has 0 atom stereocenters. The lowest BCUT2D eigenvalue weighted by atomic mass is 10.2. The quantitative estimate of drug-likeness (QED) is 0.837. The van der Waals surface area contributed by atoms with E-state index in [9.17, 15) is 9.18 Å². The maximum atomic E-state index is 13.5. The number of amides is 1. The van der Waals surface area contributed by atoms with Crippen LogP contribution < -0.4 is 5.32 Å². The van der Waals surface area contributed by atoms with Crippen molar-refractivity contribution in [2.45, 2.75) is 6.54 Å². The Balaban J connectivity index is 2.10. The van der Waals surface area contributed by atoms with Gasteiger partial charge in [0.05, 0.1) is 12.1 Å². The highest BCUT2D eigenvalue weighted by Gasteiger charge is 2.14. The van der Waals surface area contributed by atoms with Gasteiger partial charge in [0.25, 0.3) is 5.91 Å². The van der Waals surface area contributed by atoms with Crippen LogP contribution in [0.2, 0.25) is 0 Å². The Labute approximate surface area is 111 Å². The van der Waals surface area contributed by atoms with E-state index in [1.54, 1.807) is 24.5 Å². The lowest BCUT2D eigenvalue weighted by Gasteiger charge is -2.06. The molecule has 1 aromatic heterocycles. The summed E-state index contributed by atoms with van der Waals surface area (Å²) in [7, 11) is 0. The third-order valence-electron chi connectivity index (χ3n) is 2.16. The van der Waals surface area contributed by atoms with E-state index in [2.05, 4.69) is 15.3 Å². The van der Waals surface area contributed by atoms with Crippen LogP contribution in [0.3, 0.4) is 0 Å². The number of carbonyl (C=O) groups excluding carboxylic acids is 1. The molecule has 1 heterocycles. The van der Waals surface area contributed by atoms with Crippen LogP contribution in [0.25, 0.3) is 0 Å². The molecular weight excluding hydrogens is 336 g/mol. The summed E-state index contributed by atoms with van der Waals surface area (Å²) in [6.45, 7) is 0.246. The first-order chi connectivity index (χ1) is 8.18. The smallest absolute Gasteiger partial charge is 0.255 e. The fourth-order valence-corrected chi connectivity index (χ4v) is 2.07. The molecule has 0 unspecified atom stereocenters. The molecule has 0 saturated heterocycles. The molecule has 17 heavy (non-hydrogen) atoms. The second-order valence-electron chi connectivity index (χ2n) is 3.32. The average molecular weight is 345 g/mol. The number of benzene rings is 1. The minimum Gasteiger partial charge on any atom is -0.347 e. The van der Waals surface area contributed by atoms with Gasteiger partial charge in [0, 0.05) is 16.0 Å². The Morgan fingerprint density at radius 3 is 3.00 bits per heavy atom. The first-order valence-corrected chi connectivity index (χ1v) is 5.97. The maximum absolute atomic E-state index is 13.5. The van der Waals surface area contributed by atoms with Crippen LogP contribution in [0.1, 0.15) is 16.2 Å². The van der Waals surface area contributed by atoms with Crippen molar-refractivity contribution in [3.8, 4) is 0 Å². The Bertz CT molecular complexity index is 507. The largest absolute Gasteiger partial charge is 0.347 e. The number of carbonyl (C=O) groups is 1. The summed E-state index contributed by atoms with van der Waals surface area (Å²) in [5, 5.41) is 2.61. The van der Waals surface area contributed by atoms with Crippen LogP contribution in [-0.4, -0.2) is 15.9 Å². The van der Waals surface area contributed by atoms with Gasteiger partial charge in [0.1, 0.15) is 11.6 Å². The summed E-state index contributed by atoms with van der Waals surface area (Å²) >= 11 is 1.93. The molecular formula is C11H9FIN3O. The fourth-order valence-electron chi connectivity index (χ4n) is 1.36. The number of rotatable bonds is 3. The summed E-state index contributed by atoms with van der Waals surface area (Å²) in [5.41, 5.74) is 0.0691. The molecule has 2 aromatic rings. The predicted molar refractivity (Wildman–Crippen MR) is 68.9 cm³/mol. The highest BCUT2D eigenvalue weighted by atomic mass is 127. The molecule has 2 rings (SSSR count). The van der Waals surface area contributed by atoms with E-state index in [0.717, 1.165) is 0 Å². The van der Waals surface area contributed by atoms with Crippen molar-refractivity contribution >= 4 is 28.5 Å². The molecule has 88 valence electrons. The second kappa shape index (κ2) is 5.26. The van der Waals surface area contributed by atoms with Gasteiger partial charge in [-0.15, -0.1) is 0 Å². The van der Waals surface area contributed by atoms with E-state index in [1.165, 1.54) is 6.07 Å². The molecule has 1 aromatic carbocycles. The number of nitrogens with one attached hydrogen (secondary N) is 2. The molecule has 1 amide bonds. The lowest BCUT2D eigenvalue weighted by molar-refractivity contribution is 0.0945. The van der Waals surface area contributed by atoms with Crippen LogP contribution in [0.5, 0.6) is 0 Å². The average Bonchev–Trinajstić information content (AvgIpc) is 2.79. The summed E-state index contributed by atoms with van der Waals surface area (Å²) in [4.78, 5) is 18.6. The Kier molecular flexibility index (Phi) is 3.72. The second-order valence-corrected chi connectivity index (χ2v) is 4.48. The van der Waals surface area contributed by atoms with Gasteiger partial charge in [0.2, 0.25) is 0 Å². The summed E-state index contributed by atoms with van der Waals surface area (Å²) in [5.74, 6) is -0.331. The van der Waals surface area contributed by atoms with Gasteiger partial charge >= 0.3 is 0 Å². The van der Waals surface area contributed by atoms with Crippen LogP contribution >= 0.6 is 22.6 Å². The maximum Gasteiger partial charge on any atom is 0.255 e. The third-order valence-corrected chi connectivity index (χ3v) is 3.06. The van der Waals surface area contributed by atoms with Gasteiger partial charge < -0.3 is 10.3 Å². The molecule has 2 N–H and O–H groups in total. The number of imidazole rings is 1. The fraction of sp³-hybridized carbons (Fsp3) is 0.0909. The molecule has 0 spiro atoms. The normalized spacial score (nSPS) is 10.2. The SMILES string of the molecule is O=C(NCc1ncc[nH]1)c1c(F)cccc1I. The van der Waals surface area contributed by atoms with Crippen molar-refractivity contribution in [3.05, 3.63) is 51.4 Å². The zero-order chi connectivity index (χ0) is 12.3. The standard InChI is InChI=1S/C11H9FIN3O/c12-7-2-1-3-8(13)10(7)11(17)16-6-9-14-4-5-15-9/h1-5H,6H2,(H,14,15)(H,16,17). The van der Waals surface area contributed by atoms with Gasteiger partial charge in [-0.3, -0.25) is 4.79 Å². The third kappa shape index (κ3) is 2.82. The van der Waals surface area contributed by atoms with Crippen molar-refractivity contribution in [1.82, 2.24) is 15.3 Å². The van der Waals surface area contributed by atoms with Crippen LogP contribution in [0.15, 0.2) is 30.6 Å². The van der Waals surface area contributed by atoms with Crippen molar-refractivity contribution < 1.29 is 9.18 Å². The molecule has 0 aliphatic carbocycles. The first kappa shape index (κ1) is 12.0. The zero-order valence-electron chi connectivity index (χ0n) is 8.71. The molecule has 0 radical (unpaired) electrons. The van der Waals surface area contributed by atoms with Crippen LogP contribution in [0.4, 0.5) is 4.39 Å². The number of aromatic nitrogens is 2. The summed E-state index contributed by atoms with van der Waals surface area (Å²) in [6, 6.07) is 4.52. The zero-order valence-corrected chi connectivity index (χ0v) is 10.9. The highest BCUT2D eigenvalue weighted by molar-refractivity contribution is 14.1. The van der Waals surface area contributed by atoms with Gasteiger partial charge in [-0.25, -0.2) is 9.37 Å². The Morgan fingerprint density at radius 1 is 1.53 bits per heavy atom. The topological polar surface area (TPSA) is 57.8 Å². The van der Waals surface area contributed by atoms with Crippen molar-refractivity contribution in [1.29, 1.82) is 0 Å². The Hall–Kier alpha value is -1.44. The van der Waals surface area contributed by atoms with E-state index in [0.29, 0.717) is 9.39 Å². The predicted octanol–water partition coefficient (Wildman–Crippen LogP) is 2.08. The van der Waals surface area contributed by atoms with Crippen molar-refractivity contribution in [3.63, 3.8) is 0 Å². The van der Waals surface area contributed by atoms with E-state index < -0.39 is 11.7 Å². The monoisotopic (exact) mass is 345 g/mol. The highest BCUT2D eigenvalue weighted by Crippen LogP contribution is 2.15. The van der Waals surface area contributed by atoms with Crippen LogP contribution in [0, 0.1) is 9.39 Å². The minimum absolute atomic E-state index is 0.0691. The number of halogens is 2. The van der Waals surface area contributed by atoms with E-state index >= 15 is 0 Å². The van der Waals surface area contributed by atoms with Crippen molar-refractivity contribution in [2.75, 3.05) is 0 Å². The molecule has 0 aliphatic rings. The Morgan fingerprint density at radius 2 is 2.35 bits per heavy atom. The van der Waals surface area contributed by atoms with Crippen LogP contribution in [-0.2, 0) is 6.54 Å². The number of nitrogens with zero attached hydrogens (tertiary/aromatic N) is 1. The minimum atomic E-state index is -0.520. The lowest BCUT2D eigenvalue weighted by Crippen LogP contribution is -2.25. The van der Waals surface area contributed by atoms with Gasteiger partial charge in [-0.2, -0.15) is 0 Å². The van der Waals surface area contributed by atoms with Gasteiger partial charge in [-0.1, -0.05) is 6.07 Å².